The molecule has 0 saturated heterocycles. The average Bonchev–Trinajstić information content (AvgIpc) is 2.46. The third-order valence-electron chi connectivity index (χ3n) is 2.14. The zero-order valence-corrected chi connectivity index (χ0v) is 9.22. The maximum absolute atomic E-state index is 4.44. The number of aromatic amines is 1. The van der Waals surface area contributed by atoms with Gasteiger partial charge in [-0.05, 0) is 39.5 Å². The van der Waals surface area contributed by atoms with Crippen molar-refractivity contribution in [2.75, 3.05) is 0 Å². The van der Waals surface area contributed by atoms with E-state index in [0.717, 1.165) is 15.6 Å². The Kier molecular flexibility index (Phi) is 2.12. The molecule has 0 fully saturated rings. The summed E-state index contributed by atoms with van der Waals surface area (Å²) in [5, 5.41) is 0. The van der Waals surface area contributed by atoms with Gasteiger partial charge in [0.2, 0.25) is 0 Å². The van der Waals surface area contributed by atoms with E-state index in [2.05, 4.69) is 39.7 Å². The fraction of sp³-hybridized carbons (Fsp3) is 0.300. The van der Waals surface area contributed by atoms with E-state index in [4.69, 9.17) is 0 Å². The number of hydrogen-bond donors (Lipinski definition) is 1. The predicted molar refractivity (Wildman–Crippen MR) is 57.9 cm³/mol. The highest BCUT2D eigenvalue weighted by Gasteiger charge is 2.08. The first-order chi connectivity index (χ1) is 6.18. The maximum atomic E-state index is 4.44. The number of rotatable bonds is 1. The normalized spacial score (nSPS) is 11.4. The molecule has 0 unspecified atom stereocenters. The van der Waals surface area contributed by atoms with Gasteiger partial charge in [0.15, 0.2) is 0 Å². The summed E-state index contributed by atoms with van der Waals surface area (Å²) in [6.45, 7) is 4.34. The molecule has 0 atom stereocenters. The first-order valence-corrected chi connectivity index (χ1v) is 5.11. The van der Waals surface area contributed by atoms with Gasteiger partial charge in [0, 0.05) is 6.20 Å². The number of halogens is 1. The molecule has 0 amide bonds. The zero-order valence-electron chi connectivity index (χ0n) is 7.63. The lowest BCUT2D eigenvalue weighted by Gasteiger charge is -2.00. The molecular weight excluding hydrogens is 228 g/mol. The van der Waals surface area contributed by atoms with E-state index in [1.807, 2.05) is 18.3 Å². The van der Waals surface area contributed by atoms with E-state index in [0.29, 0.717) is 5.92 Å². The van der Waals surface area contributed by atoms with Crippen LogP contribution in [0, 0.1) is 0 Å². The van der Waals surface area contributed by atoms with Crippen molar-refractivity contribution in [3.05, 3.63) is 28.5 Å². The molecule has 0 aliphatic rings. The van der Waals surface area contributed by atoms with Crippen molar-refractivity contribution in [1.29, 1.82) is 0 Å². The molecule has 2 rings (SSSR count). The fourth-order valence-electron chi connectivity index (χ4n) is 1.44. The number of fused-ring (bicyclic) bond motifs is 1. The van der Waals surface area contributed by atoms with E-state index < -0.39 is 0 Å². The second-order valence-electron chi connectivity index (χ2n) is 3.43. The highest BCUT2D eigenvalue weighted by atomic mass is 79.9. The molecule has 0 saturated carbocycles. The lowest BCUT2D eigenvalue weighted by atomic mass is 10.1. The minimum absolute atomic E-state index is 0.510. The Bertz CT molecular complexity index is 431. The second-order valence-corrected chi connectivity index (χ2v) is 4.24. The van der Waals surface area contributed by atoms with Crippen LogP contribution in [-0.2, 0) is 0 Å². The predicted octanol–water partition coefficient (Wildman–Crippen LogP) is 3.45. The van der Waals surface area contributed by atoms with Crippen LogP contribution in [0.15, 0.2) is 22.9 Å². The topological polar surface area (TPSA) is 28.7 Å². The molecular formula is C10H11BrN2. The minimum Gasteiger partial charge on any atom is -0.360 e. The van der Waals surface area contributed by atoms with Gasteiger partial charge in [-0.15, -0.1) is 0 Å². The number of pyridine rings is 1. The number of nitrogens with zero attached hydrogens (tertiary/aromatic N) is 1. The standard InChI is InChI=1S/C10H11BrN2/c1-6(2)7-5-12-8-3-4-9(11)13-10(7)8/h3-6,12H,1-2H3. The van der Waals surface area contributed by atoms with E-state index in [1.54, 1.807) is 0 Å². The number of H-pyrrole nitrogens is 1. The lowest BCUT2D eigenvalue weighted by Crippen LogP contribution is -1.86. The second kappa shape index (κ2) is 3.14. The molecule has 0 aliphatic heterocycles. The van der Waals surface area contributed by atoms with Crippen LogP contribution in [0.3, 0.4) is 0 Å². The Hall–Kier alpha value is -0.830. The van der Waals surface area contributed by atoms with Crippen LogP contribution in [0.4, 0.5) is 0 Å². The van der Waals surface area contributed by atoms with E-state index in [9.17, 15) is 0 Å². The molecule has 68 valence electrons. The summed E-state index contributed by atoms with van der Waals surface area (Å²) < 4.78 is 0.890. The van der Waals surface area contributed by atoms with Crippen LogP contribution in [0.2, 0.25) is 0 Å². The van der Waals surface area contributed by atoms with Crippen LogP contribution in [-0.4, -0.2) is 9.97 Å². The van der Waals surface area contributed by atoms with Crippen molar-refractivity contribution in [2.24, 2.45) is 0 Å². The maximum Gasteiger partial charge on any atom is 0.106 e. The molecule has 0 aromatic carbocycles. The molecule has 0 spiro atoms. The van der Waals surface area contributed by atoms with Gasteiger partial charge >= 0.3 is 0 Å². The van der Waals surface area contributed by atoms with Crippen LogP contribution < -0.4 is 0 Å². The van der Waals surface area contributed by atoms with E-state index in [1.165, 1.54) is 5.56 Å². The van der Waals surface area contributed by atoms with Gasteiger partial charge in [-0.3, -0.25) is 0 Å². The largest absolute Gasteiger partial charge is 0.360 e. The van der Waals surface area contributed by atoms with Gasteiger partial charge in [0.05, 0.1) is 11.0 Å². The summed E-state index contributed by atoms with van der Waals surface area (Å²) >= 11 is 3.38. The molecule has 1 N–H and O–H groups in total. The quantitative estimate of drug-likeness (QED) is 0.758. The monoisotopic (exact) mass is 238 g/mol. The van der Waals surface area contributed by atoms with Crippen LogP contribution >= 0.6 is 15.9 Å². The third-order valence-corrected chi connectivity index (χ3v) is 2.58. The fourth-order valence-corrected chi connectivity index (χ4v) is 1.75. The van der Waals surface area contributed by atoms with Crippen molar-refractivity contribution in [3.8, 4) is 0 Å². The lowest BCUT2D eigenvalue weighted by molar-refractivity contribution is 0.872. The molecule has 2 aromatic rings. The van der Waals surface area contributed by atoms with Gasteiger partial charge in [-0.2, -0.15) is 0 Å². The molecule has 2 aromatic heterocycles. The molecule has 0 radical (unpaired) electrons. The first kappa shape index (κ1) is 8.75. The van der Waals surface area contributed by atoms with Gasteiger partial charge < -0.3 is 4.98 Å². The molecule has 3 heteroatoms. The summed E-state index contributed by atoms with van der Waals surface area (Å²) in [5.74, 6) is 0.510. The summed E-state index contributed by atoms with van der Waals surface area (Å²) in [4.78, 5) is 7.66. The van der Waals surface area contributed by atoms with Gasteiger partial charge in [0.25, 0.3) is 0 Å². The van der Waals surface area contributed by atoms with Gasteiger partial charge in [-0.25, -0.2) is 4.98 Å². The SMILES string of the molecule is CC(C)c1c[nH]c2ccc(Br)nc12. The molecule has 2 nitrogen and oxygen atoms in total. The van der Waals surface area contributed by atoms with Crippen molar-refractivity contribution < 1.29 is 0 Å². The summed E-state index contributed by atoms with van der Waals surface area (Å²) in [5.41, 5.74) is 3.45. The number of hydrogen-bond acceptors (Lipinski definition) is 1. The molecule has 0 aliphatic carbocycles. The Morgan fingerprint density at radius 3 is 2.85 bits per heavy atom. The average molecular weight is 239 g/mol. The van der Waals surface area contributed by atoms with E-state index >= 15 is 0 Å². The Morgan fingerprint density at radius 1 is 1.38 bits per heavy atom. The van der Waals surface area contributed by atoms with Crippen LogP contribution in [0.1, 0.15) is 25.3 Å². The minimum atomic E-state index is 0.510. The summed E-state index contributed by atoms with van der Waals surface area (Å²) in [6, 6.07) is 3.99. The number of aromatic nitrogens is 2. The van der Waals surface area contributed by atoms with Crippen molar-refractivity contribution >= 4 is 27.0 Å². The van der Waals surface area contributed by atoms with Crippen LogP contribution in [0.25, 0.3) is 11.0 Å². The third kappa shape index (κ3) is 1.48. The summed E-state index contributed by atoms with van der Waals surface area (Å²) in [7, 11) is 0. The number of nitrogens with one attached hydrogen (secondary N) is 1. The van der Waals surface area contributed by atoms with Crippen molar-refractivity contribution in [1.82, 2.24) is 9.97 Å². The van der Waals surface area contributed by atoms with Crippen molar-refractivity contribution in [2.45, 2.75) is 19.8 Å². The highest BCUT2D eigenvalue weighted by molar-refractivity contribution is 9.10. The molecule has 13 heavy (non-hydrogen) atoms. The Labute approximate surface area is 85.5 Å². The Morgan fingerprint density at radius 2 is 2.15 bits per heavy atom. The smallest absolute Gasteiger partial charge is 0.106 e. The first-order valence-electron chi connectivity index (χ1n) is 4.32. The van der Waals surface area contributed by atoms with Crippen molar-refractivity contribution in [3.63, 3.8) is 0 Å². The Balaban J connectivity index is 2.71. The summed E-state index contributed by atoms with van der Waals surface area (Å²) in [6.07, 6.45) is 2.04. The molecule has 2 heterocycles. The van der Waals surface area contributed by atoms with Gasteiger partial charge in [-0.1, -0.05) is 13.8 Å². The highest BCUT2D eigenvalue weighted by Crippen LogP contribution is 2.24. The van der Waals surface area contributed by atoms with Crippen LogP contribution in [0.5, 0.6) is 0 Å². The zero-order chi connectivity index (χ0) is 9.42. The van der Waals surface area contributed by atoms with E-state index in [-0.39, 0.29) is 0 Å². The molecule has 0 bridgehead atoms. The van der Waals surface area contributed by atoms with Gasteiger partial charge in [0.1, 0.15) is 4.60 Å².